The Hall–Kier alpha value is -2.77. The lowest BCUT2D eigenvalue weighted by molar-refractivity contribution is -0.0684. The summed E-state index contributed by atoms with van der Waals surface area (Å²) >= 11 is 0. The quantitative estimate of drug-likeness (QED) is 0.717. The molecule has 1 aliphatic rings. The summed E-state index contributed by atoms with van der Waals surface area (Å²) in [6.07, 6.45) is 1.47. The van der Waals surface area contributed by atoms with Gasteiger partial charge in [0, 0.05) is 5.56 Å². The van der Waals surface area contributed by atoms with Crippen LogP contribution in [0.25, 0.3) is 22.3 Å². The maximum atomic E-state index is 5.82. The topological polar surface area (TPSA) is 92.4 Å². The second-order valence-corrected chi connectivity index (χ2v) is 6.35. The van der Waals surface area contributed by atoms with E-state index in [9.17, 15) is 0 Å². The van der Waals surface area contributed by atoms with E-state index in [2.05, 4.69) is 16.9 Å². The largest absolute Gasteiger partial charge is 0.488 e. The highest BCUT2D eigenvalue weighted by Gasteiger charge is 2.16. The highest BCUT2D eigenvalue weighted by molar-refractivity contribution is 5.81. The number of benzene rings is 1. The van der Waals surface area contributed by atoms with Crippen LogP contribution >= 0.6 is 0 Å². The van der Waals surface area contributed by atoms with E-state index < -0.39 is 0 Å². The highest BCUT2D eigenvalue weighted by Crippen LogP contribution is 2.26. The van der Waals surface area contributed by atoms with Gasteiger partial charge in [0.15, 0.2) is 6.29 Å². The van der Waals surface area contributed by atoms with Crippen molar-refractivity contribution in [2.24, 2.45) is 0 Å². The Morgan fingerprint density at radius 2 is 1.96 bits per heavy atom. The molecule has 0 bridgehead atoms. The number of aryl methyl sites for hydroxylation is 1. The first-order valence-corrected chi connectivity index (χ1v) is 9.12. The summed E-state index contributed by atoms with van der Waals surface area (Å²) in [5.74, 6) is 1.03. The molecule has 0 saturated carbocycles. The number of anilines is 1. The molecule has 2 aromatic heterocycles. The number of rotatable bonds is 6. The molecule has 7 nitrogen and oxygen atoms in total. The van der Waals surface area contributed by atoms with Crippen molar-refractivity contribution in [1.29, 1.82) is 0 Å². The number of fused-ring (bicyclic) bond motifs is 1. The van der Waals surface area contributed by atoms with E-state index in [-0.39, 0.29) is 12.2 Å². The van der Waals surface area contributed by atoms with Crippen LogP contribution in [-0.4, -0.2) is 41.1 Å². The van der Waals surface area contributed by atoms with Crippen LogP contribution in [0, 0.1) is 0 Å². The molecule has 2 N–H and O–H groups in total. The number of hydrogen-bond donors (Lipinski definition) is 1. The van der Waals surface area contributed by atoms with Crippen molar-refractivity contribution in [3.05, 3.63) is 42.1 Å². The van der Waals surface area contributed by atoms with Gasteiger partial charge in [0.2, 0.25) is 5.95 Å². The van der Waals surface area contributed by atoms with Crippen molar-refractivity contribution < 1.29 is 14.2 Å². The van der Waals surface area contributed by atoms with Gasteiger partial charge in [0.1, 0.15) is 17.9 Å². The second kappa shape index (κ2) is 7.85. The standard InChI is InChI=1S/C20H22N4O3/c1-2-4-16-19-17(24-20(21)23-16)8-7-15(22-19)13-5-3-6-14(11-13)27-12-18-25-9-10-26-18/h3,5-8,11,18H,2,4,9-10,12H2,1H3,(H2,21,23,24). The fraction of sp³-hybridized carbons (Fsp3) is 0.350. The van der Waals surface area contributed by atoms with Crippen LogP contribution in [0.1, 0.15) is 19.0 Å². The molecule has 0 radical (unpaired) electrons. The zero-order chi connectivity index (χ0) is 18.6. The third-order valence-corrected chi connectivity index (χ3v) is 4.33. The maximum Gasteiger partial charge on any atom is 0.220 e. The number of nitrogens with zero attached hydrogens (tertiary/aromatic N) is 3. The number of aromatic nitrogens is 3. The molecule has 1 aliphatic heterocycles. The van der Waals surface area contributed by atoms with Crippen LogP contribution in [0.5, 0.6) is 5.75 Å². The molecule has 3 heterocycles. The zero-order valence-electron chi connectivity index (χ0n) is 15.2. The van der Waals surface area contributed by atoms with Gasteiger partial charge < -0.3 is 19.9 Å². The van der Waals surface area contributed by atoms with E-state index in [4.69, 9.17) is 24.9 Å². The van der Waals surface area contributed by atoms with Crippen molar-refractivity contribution in [1.82, 2.24) is 15.0 Å². The van der Waals surface area contributed by atoms with Gasteiger partial charge in [0.25, 0.3) is 0 Å². The summed E-state index contributed by atoms with van der Waals surface area (Å²) < 4.78 is 16.6. The molecule has 1 aromatic carbocycles. The summed E-state index contributed by atoms with van der Waals surface area (Å²) in [5.41, 5.74) is 10.1. The maximum absolute atomic E-state index is 5.82. The summed E-state index contributed by atoms with van der Waals surface area (Å²) in [6.45, 7) is 3.69. The third kappa shape index (κ3) is 3.99. The summed E-state index contributed by atoms with van der Waals surface area (Å²) in [6, 6.07) is 11.7. The lowest BCUT2D eigenvalue weighted by Crippen LogP contribution is -2.18. The van der Waals surface area contributed by atoms with E-state index in [0.717, 1.165) is 46.6 Å². The Labute approximate surface area is 157 Å². The minimum absolute atomic E-state index is 0.284. The molecule has 0 spiro atoms. The Kier molecular flexibility index (Phi) is 5.13. The van der Waals surface area contributed by atoms with Crippen molar-refractivity contribution >= 4 is 17.0 Å². The fourth-order valence-corrected chi connectivity index (χ4v) is 3.08. The SMILES string of the molecule is CCCc1nc(N)nc2ccc(-c3cccc(OCC4OCCO4)c3)nc12. The monoisotopic (exact) mass is 366 g/mol. The van der Waals surface area contributed by atoms with Gasteiger partial charge in [-0.15, -0.1) is 0 Å². The van der Waals surface area contributed by atoms with Gasteiger partial charge in [-0.1, -0.05) is 25.5 Å². The molecule has 140 valence electrons. The Morgan fingerprint density at radius 1 is 1.11 bits per heavy atom. The van der Waals surface area contributed by atoms with Crippen LogP contribution in [0.4, 0.5) is 5.95 Å². The number of nitrogens with two attached hydrogens (primary N) is 1. The second-order valence-electron chi connectivity index (χ2n) is 6.35. The van der Waals surface area contributed by atoms with E-state index in [1.807, 2.05) is 36.4 Å². The van der Waals surface area contributed by atoms with Crippen LogP contribution in [0.3, 0.4) is 0 Å². The van der Waals surface area contributed by atoms with Crippen LogP contribution in [0.15, 0.2) is 36.4 Å². The number of nitrogen functional groups attached to an aromatic ring is 1. The molecule has 7 heteroatoms. The van der Waals surface area contributed by atoms with E-state index in [0.29, 0.717) is 19.8 Å². The van der Waals surface area contributed by atoms with E-state index >= 15 is 0 Å². The molecule has 27 heavy (non-hydrogen) atoms. The van der Waals surface area contributed by atoms with Crippen LogP contribution in [0.2, 0.25) is 0 Å². The van der Waals surface area contributed by atoms with E-state index in [1.165, 1.54) is 0 Å². The third-order valence-electron chi connectivity index (χ3n) is 4.33. The van der Waals surface area contributed by atoms with Crippen LogP contribution < -0.4 is 10.5 Å². The predicted molar refractivity (Wildman–Crippen MR) is 102 cm³/mol. The Balaban J connectivity index is 1.62. The average molecular weight is 366 g/mol. The Morgan fingerprint density at radius 3 is 2.78 bits per heavy atom. The molecular weight excluding hydrogens is 344 g/mol. The minimum Gasteiger partial charge on any atom is -0.488 e. The molecule has 0 amide bonds. The molecule has 1 fully saturated rings. The molecule has 3 aromatic rings. The molecular formula is C20H22N4O3. The number of pyridine rings is 1. The van der Waals surface area contributed by atoms with Crippen LogP contribution in [-0.2, 0) is 15.9 Å². The lowest BCUT2D eigenvalue weighted by Gasteiger charge is -2.12. The average Bonchev–Trinajstić information content (AvgIpc) is 3.20. The van der Waals surface area contributed by atoms with Crippen molar-refractivity contribution in [2.75, 3.05) is 25.6 Å². The zero-order valence-corrected chi connectivity index (χ0v) is 15.2. The van der Waals surface area contributed by atoms with Gasteiger partial charge in [-0.05, 0) is 30.7 Å². The smallest absolute Gasteiger partial charge is 0.220 e. The molecule has 1 saturated heterocycles. The number of hydrogen-bond acceptors (Lipinski definition) is 7. The van der Waals surface area contributed by atoms with Gasteiger partial charge >= 0.3 is 0 Å². The lowest BCUT2D eigenvalue weighted by atomic mass is 10.1. The van der Waals surface area contributed by atoms with Gasteiger partial charge in [-0.25, -0.2) is 15.0 Å². The summed E-state index contributed by atoms with van der Waals surface area (Å²) in [7, 11) is 0. The van der Waals surface area contributed by atoms with Gasteiger partial charge in [-0.2, -0.15) is 0 Å². The minimum atomic E-state index is -0.299. The first kappa shape index (κ1) is 17.6. The van der Waals surface area contributed by atoms with Gasteiger partial charge in [0.05, 0.1) is 30.1 Å². The molecule has 0 atom stereocenters. The predicted octanol–water partition coefficient (Wildman–Crippen LogP) is 2.98. The van der Waals surface area contributed by atoms with Crippen molar-refractivity contribution in [2.45, 2.75) is 26.1 Å². The Bertz CT molecular complexity index is 942. The first-order chi connectivity index (χ1) is 13.2. The number of ether oxygens (including phenoxy) is 3. The van der Waals surface area contributed by atoms with Crippen molar-refractivity contribution in [3.8, 4) is 17.0 Å². The normalized spacial score (nSPS) is 14.7. The molecule has 4 rings (SSSR count). The first-order valence-electron chi connectivity index (χ1n) is 9.12. The molecule has 0 unspecified atom stereocenters. The van der Waals surface area contributed by atoms with E-state index in [1.54, 1.807) is 0 Å². The summed E-state index contributed by atoms with van der Waals surface area (Å²) in [4.78, 5) is 13.5. The summed E-state index contributed by atoms with van der Waals surface area (Å²) in [5, 5.41) is 0. The van der Waals surface area contributed by atoms with Crippen molar-refractivity contribution in [3.63, 3.8) is 0 Å². The van der Waals surface area contributed by atoms with Gasteiger partial charge in [-0.3, -0.25) is 0 Å². The fourth-order valence-electron chi connectivity index (χ4n) is 3.08. The molecule has 0 aliphatic carbocycles. The highest BCUT2D eigenvalue weighted by atomic mass is 16.7.